The van der Waals surface area contributed by atoms with Gasteiger partial charge in [0.05, 0.1) is 17.4 Å². The number of amides is 1. The molecular weight excluding hydrogens is 423 g/mol. The largest absolute Gasteiger partial charge is 0.493 e. The molecule has 7 nitrogen and oxygen atoms in total. The predicted octanol–water partition coefficient (Wildman–Crippen LogP) is 5.23. The number of hydrogen-bond acceptors (Lipinski definition) is 5. The lowest BCUT2D eigenvalue weighted by molar-refractivity contribution is 0.196. The standard InChI is InChI=1S/C25H31FN4O3/c1-4-29(22-11-20(12-27)21(26)8-16(22)2)14-18-6-5-7-19(10-18)15-30(25(32)33)23-13-28-24(31)9-17(23)3/h8-9,11,13,18-19H,4-7,10,14-15H2,1-3H3,(H,28,31)(H,32,33). The number of nitrogens with zero attached hydrogens (tertiary/aromatic N) is 4. The highest BCUT2D eigenvalue weighted by atomic mass is 19.1. The number of hydrogen-bond donors (Lipinski definition) is 2. The summed E-state index contributed by atoms with van der Waals surface area (Å²) >= 11 is 0. The van der Waals surface area contributed by atoms with Crippen molar-refractivity contribution in [3.8, 4) is 11.9 Å². The summed E-state index contributed by atoms with van der Waals surface area (Å²) in [7, 11) is 0. The van der Waals surface area contributed by atoms with Gasteiger partial charge >= 0.3 is 6.09 Å². The van der Waals surface area contributed by atoms with Crippen LogP contribution in [0.1, 0.15) is 49.3 Å². The van der Waals surface area contributed by atoms with Gasteiger partial charge in [-0.25, -0.2) is 14.2 Å². The summed E-state index contributed by atoms with van der Waals surface area (Å²) in [6.45, 7) is 7.54. The van der Waals surface area contributed by atoms with Crippen LogP contribution in [0, 0.1) is 42.8 Å². The Morgan fingerprint density at radius 1 is 1.18 bits per heavy atom. The van der Waals surface area contributed by atoms with E-state index in [9.17, 15) is 24.7 Å². The number of pyridine rings is 1. The fourth-order valence-electron chi connectivity index (χ4n) is 4.89. The van der Waals surface area contributed by atoms with Gasteiger partial charge in [-0.3, -0.25) is 4.90 Å². The van der Waals surface area contributed by atoms with E-state index in [1.54, 1.807) is 13.0 Å². The molecule has 3 rings (SSSR count). The minimum atomic E-state index is -1.03. The van der Waals surface area contributed by atoms with Crippen LogP contribution in [0.3, 0.4) is 0 Å². The van der Waals surface area contributed by atoms with E-state index in [0.29, 0.717) is 23.7 Å². The number of halogens is 1. The number of anilines is 2. The van der Waals surface area contributed by atoms with Crippen LogP contribution in [0.5, 0.6) is 5.88 Å². The van der Waals surface area contributed by atoms with Crippen LogP contribution in [0.4, 0.5) is 20.6 Å². The Kier molecular flexibility index (Phi) is 7.75. The van der Waals surface area contributed by atoms with Gasteiger partial charge in [0.1, 0.15) is 11.9 Å². The molecule has 2 aromatic rings. The maximum Gasteiger partial charge on any atom is 0.411 e. The molecule has 1 aliphatic rings. The van der Waals surface area contributed by atoms with Crippen molar-refractivity contribution in [2.75, 3.05) is 29.4 Å². The van der Waals surface area contributed by atoms with Crippen molar-refractivity contribution in [1.29, 1.82) is 5.26 Å². The van der Waals surface area contributed by atoms with E-state index in [1.165, 1.54) is 23.2 Å². The summed E-state index contributed by atoms with van der Waals surface area (Å²) in [5.74, 6) is -0.0564. The van der Waals surface area contributed by atoms with Gasteiger partial charge in [-0.05, 0) is 75.1 Å². The van der Waals surface area contributed by atoms with E-state index < -0.39 is 11.9 Å². The van der Waals surface area contributed by atoms with Crippen molar-refractivity contribution in [2.24, 2.45) is 11.8 Å². The number of carbonyl (C=O) groups is 1. The first-order valence-corrected chi connectivity index (χ1v) is 11.3. The Balaban J connectivity index is 1.73. The molecule has 1 amide bonds. The molecule has 1 aromatic heterocycles. The second kappa shape index (κ2) is 10.5. The summed E-state index contributed by atoms with van der Waals surface area (Å²) in [5.41, 5.74) is 2.87. The molecule has 0 radical (unpaired) electrons. The molecule has 2 unspecified atom stereocenters. The molecule has 1 fully saturated rings. The second-order valence-corrected chi connectivity index (χ2v) is 8.89. The van der Waals surface area contributed by atoms with Gasteiger partial charge in [-0.1, -0.05) is 6.42 Å². The van der Waals surface area contributed by atoms with E-state index in [1.807, 2.05) is 19.9 Å². The predicted molar refractivity (Wildman–Crippen MR) is 125 cm³/mol. The van der Waals surface area contributed by atoms with E-state index in [4.69, 9.17) is 0 Å². The topological polar surface area (TPSA) is 101 Å². The van der Waals surface area contributed by atoms with Crippen LogP contribution < -0.4 is 9.80 Å². The zero-order valence-electron chi connectivity index (χ0n) is 19.4. The van der Waals surface area contributed by atoms with Crippen LogP contribution in [-0.4, -0.2) is 40.9 Å². The van der Waals surface area contributed by atoms with Crippen molar-refractivity contribution in [3.63, 3.8) is 0 Å². The first kappa shape index (κ1) is 24.3. The number of benzene rings is 1. The third-order valence-corrected chi connectivity index (χ3v) is 6.53. The van der Waals surface area contributed by atoms with Crippen LogP contribution in [0.25, 0.3) is 0 Å². The van der Waals surface area contributed by atoms with Crippen LogP contribution in [-0.2, 0) is 0 Å². The second-order valence-electron chi connectivity index (χ2n) is 8.89. The molecule has 2 N–H and O–H groups in total. The SMILES string of the molecule is CCN(CC1CCCC(CN(C(=O)O)c2cnc(O)cc2C)C1)c1cc(C#N)c(F)cc1C. The molecule has 8 heteroatoms. The number of carboxylic acid groups (broad SMARTS) is 1. The molecule has 1 saturated carbocycles. The number of aromatic nitrogens is 1. The summed E-state index contributed by atoms with van der Waals surface area (Å²) < 4.78 is 14.0. The average Bonchev–Trinajstić information content (AvgIpc) is 2.77. The monoisotopic (exact) mass is 454 g/mol. The van der Waals surface area contributed by atoms with Gasteiger partial charge < -0.3 is 15.1 Å². The lowest BCUT2D eigenvalue weighted by atomic mass is 9.80. The van der Waals surface area contributed by atoms with Crippen molar-refractivity contribution in [2.45, 2.75) is 46.5 Å². The molecule has 0 spiro atoms. The fraction of sp³-hybridized carbons (Fsp3) is 0.480. The van der Waals surface area contributed by atoms with Gasteiger partial charge in [-0.2, -0.15) is 5.26 Å². The average molecular weight is 455 g/mol. The Bertz CT molecular complexity index is 1050. The minimum absolute atomic E-state index is 0.0468. The summed E-state index contributed by atoms with van der Waals surface area (Å²) in [5, 5.41) is 28.6. The minimum Gasteiger partial charge on any atom is -0.493 e. The van der Waals surface area contributed by atoms with Crippen LogP contribution in [0.15, 0.2) is 24.4 Å². The normalized spacial score (nSPS) is 17.9. The lowest BCUT2D eigenvalue weighted by Gasteiger charge is -2.36. The number of nitriles is 1. The molecule has 176 valence electrons. The van der Waals surface area contributed by atoms with Crippen LogP contribution >= 0.6 is 0 Å². The summed E-state index contributed by atoms with van der Waals surface area (Å²) in [6, 6.07) is 6.43. The molecule has 0 bridgehead atoms. The molecule has 1 aromatic carbocycles. The first-order chi connectivity index (χ1) is 15.7. The third-order valence-electron chi connectivity index (χ3n) is 6.53. The highest BCUT2D eigenvalue weighted by molar-refractivity contribution is 5.86. The highest BCUT2D eigenvalue weighted by Crippen LogP contribution is 2.34. The van der Waals surface area contributed by atoms with Gasteiger partial charge in [0, 0.05) is 31.4 Å². The molecular formula is C25H31FN4O3. The highest BCUT2D eigenvalue weighted by Gasteiger charge is 2.28. The molecule has 2 atom stereocenters. The van der Waals surface area contributed by atoms with Gasteiger partial charge in [0.15, 0.2) is 0 Å². The van der Waals surface area contributed by atoms with E-state index in [2.05, 4.69) is 9.88 Å². The smallest absolute Gasteiger partial charge is 0.411 e. The van der Waals surface area contributed by atoms with E-state index in [-0.39, 0.29) is 17.4 Å². The van der Waals surface area contributed by atoms with Gasteiger partial charge in [0.2, 0.25) is 5.88 Å². The maximum atomic E-state index is 14.0. The molecule has 1 heterocycles. The van der Waals surface area contributed by atoms with E-state index >= 15 is 0 Å². The van der Waals surface area contributed by atoms with E-state index in [0.717, 1.165) is 50.0 Å². The molecule has 0 saturated heterocycles. The summed E-state index contributed by atoms with van der Waals surface area (Å²) in [4.78, 5) is 19.4. The Hall–Kier alpha value is -3.34. The Morgan fingerprint density at radius 3 is 2.45 bits per heavy atom. The number of rotatable bonds is 7. The first-order valence-electron chi connectivity index (χ1n) is 11.3. The fourth-order valence-corrected chi connectivity index (χ4v) is 4.89. The zero-order chi connectivity index (χ0) is 24.1. The Labute approximate surface area is 194 Å². The number of aryl methyl sites for hydroxylation is 2. The van der Waals surface area contributed by atoms with Crippen molar-refractivity contribution >= 4 is 17.5 Å². The Morgan fingerprint density at radius 2 is 1.85 bits per heavy atom. The van der Waals surface area contributed by atoms with Crippen molar-refractivity contribution in [1.82, 2.24) is 4.98 Å². The summed E-state index contributed by atoms with van der Waals surface area (Å²) in [6.07, 6.45) is 4.27. The molecule has 33 heavy (non-hydrogen) atoms. The van der Waals surface area contributed by atoms with Crippen molar-refractivity contribution < 1.29 is 19.4 Å². The van der Waals surface area contributed by atoms with Gasteiger partial charge in [0.25, 0.3) is 0 Å². The van der Waals surface area contributed by atoms with Crippen molar-refractivity contribution in [3.05, 3.63) is 46.9 Å². The molecule has 0 aliphatic heterocycles. The van der Waals surface area contributed by atoms with Crippen LogP contribution in [0.2, 0.25) is 0 Å². The lowest BCUT2D eigenvalue weighted by Crippen LogP contribution is -2.38. The maximum absolute atomic E-state index is 14.0. The quantitative estimate of drug-likeness (QED) is 0.594. The third kappa shape index (κ3) is 5.72. The number of aromatic hydroxyl groups is 1. The van der Waals surface area contributed by atoms with Gasteiger partial charge in [-0.15, -0.1) is 0 Å². The zero-order valence-corrected chi connectivity index (χ0v) is 19.4. The molecule has 1 aliphatic carbocycles.